The lowest BCUT2D eigenvalue weighted by Crippen LogP contribution is -2.54. The molecule has 2 saturated heterocycles. The van der Waals surface area contributed by atoms with Gasteiger partial charge in [0.2, 0.25) is 0 Å². The molecule has 0 spiro atoms. The van der Waals surface area contributed by atoms with Crippen molar-refractivity contribution in [3.63, 3.8) is 0 Å². The molecule has 1 aromatic carbocycles. The van der Waals surface area contributed by atoms with Gasteiger partial charge in [-0.3, -0.25) is 0 Å². The first-order valence-electron chi connectivity index (χ1n) is 8.27. The molecule has 2 aliphatic heterocycles. The number of H-pyrrole nitrogens is 1. The summed E-state index contributed by atoms with van der Waals surface area (Å²) in [7, 11) is 0. The summed E-state index contributed by atoms with van der Waals surface area (Å²) in [6.45, 7) is 4.88. The van der Waals surface area contributed by atoms with Crippen LogP contribution >= 0.6 is 0 Å². The fraction of sp³-hybridized carbons (Fsp3) is 0.556. The van der Waals surface area contributed by atoms with Crippen molar-refractivity contribution in [2.24, 2.45) is 5.41 Å². The first-order valence-corrected chi connectivity index (χ1v) is 8.27. The van der Waals surface area contributed by atoms with E-state index in [1.54, 1.807) is 0 Å². The van der Waals surface area contributed by atoms with Gasteiger partial charge in [0.25, 0.3) is 0 Å². The van der Waals surface area contributed by atoms with Gasteiger partial charge in [-0.05, 0) is 43.5 Å². The van der Waals surface area contributed by atoms with E-state index in [9.17, 15) is 5.11 Å². The van der Waals surface area contributed by atoms with Crippen molar-refractivity contribution in [2.75, 3.05) is 39.5 Å². The third-order valence-corrected chi connectivity index (χ3v) is 5.36. The van der Waals surface area contributed by atoms with Crippen LogP contribution in [0.3, 0.4) is 0 Å². The number of nitrogens with one attached hydrogen (secondary N) is 1. The topological polar surface area (TPSA) is 48.5 Å². The Labute approximate surface area is 131 Å². The summed E-state index contributed by atoms with van der Waals surface area (Å²) >= 11 is 0. The first-order chi connectivity index (χ1) is 10.8. The molecule has 2 N–H and O–H groups in total. The molecule has 4 nitrogen and oxygen atoms in total. The number of benzene rings is 1. The van der Waals surface area contributed by atoms with Crippen molar-refractivity contribution < 1.29 is 9.84 Å². The molecule has 0 bridgehead atoms. The molecule has 0 radical (unpaired) electrons. The van der Waals surface area contributed by atoms with Crippen LogP contribution in [0.15, 0.2) is 30.5 Å². The Morgan fingerprint density at radius 1 is 1.23 bits per heavy atom. The zero-order valence-electron chi connectivity index (χ0n) is 12.9. The van der Waals surface area contributed by atoms with Crippen molar-refractivity contribution >= 4 is 10.9 Å². The second-order valence-corrected chi connectivity index (χ2v) is 6.99. The van der Waals surface area contributed by atoms with E-state index in [-0.39, 0.29) is 12.0 Å². The number of aliphatic hydroxyl groups excluding tert-OH is 1. The standard InChI is InChI=1S/C18H24N2O2/c21-11-18(12-22-13-18)10-20-7-5-14(6-8-20)16-9-19-17-4-2-1-3-15(16)17/h1-4,9,14,19,21H,5-8,10-13H2. The van der Waals surface area contributed by atoms with E-state index >= 15 is 0 Å². The van der Waals surface area contributed by atoms with Crippen LogP contribution in [0.4, 0.5) is 0 Å². The minimum atomic E-state index is 0.00756. The Morgan fingerprint density at radius 2 is 2.00 bits per heavy atom. The molecule has 4 rings (SSSR count). The highest BCUT2D eigenvalue weighted by Crippen LogP contribution is 2.35. The third-order valence-electron chi connectivity index (χ3n) is 5.36. The zero-order chi connectivity index (χ0) is 15.0. The SMILES string of the molecule is OCC1(CN2CCC(c3c[nH]c4ccccc34)CC2)COC1. The number of nitrogens with zero attached hydrogens (tertiary/aromatic N) is 1. The summed E-state index contributed by atoms with van der Waals surface area (Å²) in [6.07, 6.45) is 4.59. The number of hydrogen-bond acceptors (Lipinski definition) is 3. The van der Waals surface area contributed by atoms with Crippen LogP contribution in [0.25, 0.3) is 10.9 Å². The van der Waals surface area contributed by atoms with E-state index in [2.05, 4.69) is 40.3 Å². The second kappa shape index (κ2) is 5.69. The van der Waals surface area contributed by atoms with E-state index in [4.69, 9.17) is 4.74 Å². The van der Waals surface area contributed by atoms with Gasteiger partial charge in [0.1, 0.15) is 0 Å². The van der Waals surface area contributed by atoms with Crippen LogP contribution in [-0.2, 0) is 4.74 Å². The molecule has 2 fully saturated rings. The highest BCUT2D eigenvalue weighted by Gasteiger charge is 2.40. The molecule has 2 aliphatic rings. The molecule has 3 heterocycles. The van der Waals surface area contributed by atoms with Crippen LogP contribution < -0.4 is 0 Å². The normalized spacial score (nSPS) is 22.8. The van der Waals surface area contributed by atoms with E-state index in [1.807, 2.05) is 0 Å². The average molecular weight is 300 g/mol. The molecule has 22 heavy (non-hydrogen) atoms. The molecule has 118 valence electrons. The van der Waals surface area contributed by atoms with E-state index < -0.39 is 0 Å². The number of fused-ring (bicyclic) bond motifs is 1. The number of piperidine rings is 1. The third kappa shape index (κ3) is 2.45. The maximum absolute atomic E-state index is 9.58. The summed E-state index contributed by atoms with van der Waals surface area (Å²) in [5.74, 6) is 0.648. The molecule has 1 aromatic heterocycles. The van der Waals surface area contributed by atoms with Crippen LogP contribution in [0.1, 0.15) is 24.3 Å². The number of hydrogen-bond donors (Lipinski definition) is 2. The highest BCUT2D eigenvalue weighted by molar-refractivity contribution is 5.83. The quantitative estimate of drug-likeness (QED) is 0.911. The molecule has 0 unspecified atom stereocenters. The molecule has 0 saturated carbocycles. The van der Waals surface area contributed by atoms with E-state index in [0.717, 1.165) is 19.6 Å². The average Bonchev–Trinajstić information content (AvgIpc) is 2.96. The van der Waals surface area contributed by atoms with Gasteiger partial charge >= 0.3 is 0 Å². The van der Waals surface area contributed by atoms with Gasteiger partial charge in [0, 0.05) is 23.6 Å². The fourth-order valence-corrected chi connectivity index (χ4v) is 3.93. The van der Waals surface area contributed by atoms with Gasteiger partial charge in [-0.2, -0.15) is 0 Å². The molecular formula is C18H24N2O2. The molecule has 4 heteroatoms. The van der Waals surface area contributed by atoms with Crippen molar-refractivity contribution in [1.29, 1.82) is 0 Å². The molecule has 0 atom stereocenters. The Hall–Kier alpha value is -1.36. The number of ether oxygens (including phenoxy) is 1. The Kier molecular flexibility index (Phi) is 3.68. The predicted molar refractivity (Wildman–Crippen MR) is 87.1 cm³/mol. The summed E-state index contributed by atoms with van der Waals surface area (Å²) < 4.78 is 5.31. The predicted octanol–water partition coefficient (Wildman–Crippen LogP) is 2.36. The maximum Gasteiger partial charge on any atom is 0.0579 e. The van der Waals surface area contributed by atoms with E-state index in [0.29, 0.717) is 19.1 Å². The monoisotopic (exact) mass is 300 g/mol. The minimum Gasteiger partial charge on any atom is -0.396 e. The van der Waals surface area contributed by atoms with E-state index in [1.165, 1.54) is 29.3 Å². The van der Waals surface area contributed by atoms with Gasteiger partial charge in [0.05, 0.1) is 25.2 Å². The number of para-hydroxylation sites is 1. The molecule has 0 aliphatic carbocycles. The van der Waals surface area contributed by atoms with Crippen molar-refractivity contribution in [2.45, 2.75) is 18.8 Å². The van der Waals surface area contributed by atoms with Crippen LogP contribution in [0.5, 0.6) is 0 Å². The lowest BCUT2D eigenvalue weighted by Gasteiger charge is -2.45. The summed E-state index contributed by atoms with van der Waals surface area (Å²) in [5, 5.41) is 11.0. The number of rotatable bonds is 4. The van der Waals surface area contributed by atoms with Crippen molar-refractivity contribution in [3.8, 4) is 0 Å². The summed E-state index contributed by atoms with van der Waals surface area (Å²) in [5.41, 5.74) is 2.72. The van der Waals surface area contributed by atoms with Crippen molar-refractivity contribution in [1.82, 2.24) is 9.88 Å². The number of likely N-dealkylation sites (tertiary alicyclic amines) is 1. The van der Waals surface area contributed by atoms with Gasteiger partial charge in [0.15, 0.2) is 0 Å². The summed E-state index contributed by atoms with van der Waals surface area (Å²) in [6, 6.07) is 8.58. The number of aromatic nitrogens is 1. The Bertz CT molecular complexity index is 634. The zero-order valence-corrected chi connectivity index (χ0v) is 12.9. The maximum atomic E-state index is 9.58. The number of aromatic amines is 1. The van der Waals surface area contributed by atoms with Gasteiger partial charge in [-0.25, -0.2) is 0 Å². The molecule has 0 amide bonds. The lowest BCUT2D eigenvalue weighted by atomic mass is 9.84. The molecule has 2 aromatic rings. The second-order valence-electron chi connectivity index (χ2n) is 6.99. The summed E-state index contributed by atoms with van der Waals surface area (Å²) in [4.78, 5) is 5.90. The van der Waals surface area contributed by atoms with Gasteiger partial charge in [-0.15, -0.1) is 0 Å². The fourth-order valence-electron chi connectivity index (χ4n) is 3.93. The Balaban J connectivity index is 1.41. The van der Waals surface area contributed by atoms with Gasteiger partial charge in [-0.1, -0.05) is 18.2 Å². The largest absolute Gasteiger partial charge is 0.396 e. The highest BCUT2D eigenvalue weighted by atomic mass is 16.5. The van der Waals surface area contributed by atoms with Crippen LogP contribution in [-0.4, -0.2) is 54.4 Å². The van der Waals surface area contributed by atoms with Crippen LogP contribution in [0, 0.1) is 5.41 Å². The smallest absolute Gasteiger partial charge is 0.0579 e. The first kappa shape index (κ1) is 14.2. The molecular weight excluding hydrogens is 276 g/mol. The van der Waals surface area contributed by atoms with Crippen molar-refractivity contribution in [3.05, 3.63) is 36.0 Å². The number of aliphatic hydroxyl groups is 1. The Morgan fingerprint density at radius 3 is 2.68 bits per heavy atom. The minimum absolute atomic E-state index is 0.00756. The lowest BCUT2D eigenvalue weighted by molar-refractivity contribution is -0.149. The van der Waals surface area contributed by atoms with Crippen LogP contribution in [0.2, 0.25) is 0 Å². The van der Waals surface area contributed by atoms with Gasteiger partial charge < -0.3 is 19.7 Å².